The Morgan fingerprint density at radius 1 is 1.29 bits per heavy atom. The number of hydrogen-bond acceptors (Lipinski definition) is 7. The molecule has 1 saturated heterocycles. The van der Waals surface area contributed by atoms with Gasteiger partial charge < -0.3 is 15.4 Å². The molecule has 0 aliphatic carbocycles. The largest absolute Gasteiger partial charge is 0.377 e. The molecule has 0 unspecified atom stereocenters. The van der Waals surface area contributed by atoms with Crippen molar-refractivity contribution in [3.05, 3.63) is 47.8 Å². The zero-order valence-corrected chi connectivity index (χ0v) is 14.7. The summed E-state index contributed by atoms with van der Waals surface area (Å²) in [7, 11) is 0. The van der Waals surface area contributed by atoms with E-state index in [0.717, 1.165) is 11.2 Å². The van der Waals surface area contributed by atoms with Gasteiger partial charge in [0, 0.05) is 6.20 Å². The summed E-state index contributed by atoms with van der Waals surface area (Å²) >= 11 is 0. The van der Waals surface area contributed by atoms with Crippen LogP contribution in [0.15, 0.2) is 36.7 Å². The predicted molar refractivity (Wildman–Crippen MR) is 99.3 cm³/mol. The SMILES string of the molecule is N#CCNC(=O)c1cnc(-c2ccc3cc(C#N)cnn23)cc1NC1COC1. The summed E-state index contributed by atoms with van der Waals surface area (Å²) in [6, 6.07) is 11.3. The molecule has 3 aromatic heterocycles. The fraction of sp³-hybridized carbons (Fsp3) is 0.211. The van der Waals surface area contributed by atoms with Gasteiger partial charge in [0.2, 0.25) is 0 Å². The minimum absolute atomic E-state index is 0.0823. The second-order valence-electron chi connectivity index (χ2n) is 6.25. The summed E-state index contributed by atoms with van der Waals surface area (Å²) in [5.41, 5.74) is 3.56. The van der Waals surface area contributed by atoms with Crippen molar-refractivity contribution in [3.8, 4) is 23.5 Å². The van der Waals surface area contributed by atoms with Gasteiger partial charge in [0.15, 0.2) is 0 Å². The van der Waals surface area contributed by atoms with Gasteiger partial charge in [0.1, 0.15) is 12.6 Å². The molecule has 3 aromatic rings. The first kappa shape index (κ1) is 17.5. The van der Waals surface area contributed by atoms with Crippen molar-refractivity contribution in [1.82, 2.24) is 19.9 Å². The molecule has 2 N–H and O–H groups in total. The van der Waals surface area contributed by atoms with Crippen LogP contribution < -0.4 is 10.6 Å². The number of nitriles is 2. The lowest BCUT2D eigenvalue weighted by atomic mass is 10.1. The Labute approximate surface area is 160 Å². The van der Waals surface area contributed by atoms with E-state index in [1.165, 1.54) is 12.4 Å². The Morgan fingerprint density at radius 3 is 2.86 bits per heavy atom. The highest BCUT2D eigenvalue weighted by atomic mass is 16.5. The van der Waals surface area contributed by atoms with Gasteiger partial charge in [-0.3, -0.25) is 9.78 Å². The van der Waals surface area contributed by atoms with E-state index in [0.29, 0.717) is 35.7 Å². The van der Waals surface area contributed by atoms with Gasteiger partial charge in [0.05, 0.1) is 65.2 Å². The molecule has 9 nitrogen and oxygen atoms in total. The summed E-state index contributed by atoms with van der Waals surface area (Å²) in [4.78, 5) is 16.8. The van der Waals surface area contributed by atoms with Crippen LogP contribution in [0, 0.1) is 22.7 Å². The number of nitrogens with one attached hydrogen (secondary N) is 2. The summed E-state index contributed by atoms with van der Waals surface area (Å²) in [5, 5.41) is 27.8. The first-order valence-corrected chi connectivity index (χ1v) is 8.57. The molecule has 0 bridgehead atoms. The zero-order valence-electron chi connectivity index (χ0n) is 14.7. The third-order valence-corrected chi connectivity index (χ3v) is 4.37. The fourth-order valence-corrected chi connectivity index (χ4v) is 2.90. The second-order valence-corrected chi connectivity index (χ2v) is 6.25. The lowest BCUT2D eigenvalue weighted by Crippen LogP contribution is -2.41. The van der Waals surface area contributed by atoms with E-state index in [9.17, 15) is 4.79 Å². The van der Waals surface area contributed by atoms with Crippen LogP contribution in [-0.4, -0.2) is 46.3 Å². The maximum absolute atomic E-state index is 12.4. The van der Waals surface area contributed by atoms with Crippen molar-refractivity contribution < 1.29 is 9.53 Å². The lowest BCUT2D eigenvalue weighted by Gasteiger charge is -2.28. The summed E-state index contributed by atoms with van der Waals surface area (Å²) < 4.78 is 6.88. The summed E-state index contributed by atoms with van der Waals surface area (Å²) in [6.07, 6.45) is 2.97. The number of nitrogens with zero attached hydrogens (tertiary/aromatic N) is 5. The number of anilines is 1. The molecule has 1 fully saturated rings. The van der Waals surface area contributed by atoms with Gasteiger partial charge >= 0.3 is 0 Å². The molecule has 1 aliphatic heterocycles. The van der Waals surface area contributed by atoms with E-state index in [2.05, 4.69) is 26.8 Å². The van der Waals surface area contributed by atoms with E-state index in [4.69, 9.17) is 15.3 Å². The Balaban J connectivity index is 1.74. The molecule has 9 heteroatoms. The normalized spacial score (nSPS) is 13.4. The van der Waals surface area contributed by atoms with Crippen molar-refractivity contribution in [2.45, 2.75) is 6.04 Å². The number of fused-ring (bicyclic) bond motifs is 1. The predicted octanol–water partition coefficient (Wildman–Crippen LogP) is 1.33. The molecule has 0 spiro atoms. The number of hydrogen-bond donors (Lipinski definition) is 2. The number of rotatable bonds is 5. The minimum atomic E-state index is -0.375. The Bertz CT molecular complexity index is 1140. The molecule has 28 heavy (non-hydrogen) atoms. The highest BCUT2D eigenvalue weighted by Gasteiger charge is 2.22. The number of carbonyl (C=O) groups excluding carboxylic acids is 1. The monoisotopic (exact) mass is 373 g/mol. The molecule has 138 valence electrons. The zero-order chi connectivity index (χ0) is 19.5. The third-order valence-electron chi connectivity index (χ3n) is 4.37. The number of carbonyl (C=O) groups is 1. The quantitative estimate of drug-likeness (QED) is 0.646. The number of pyridine rings is 1. The highest BCUT2D eigenvalue weighted by Crippen LogP contribution is 2.26. The van der Waals surface area contributed by atoms with Crippen molar-refractivity contribution in [2.24, 2.45) is 0 Å². The van der Waals surface area contributed by atoms with Gasteiger partial charge in [-0.1, -0.05) is 0 Å². The number of aromatic nitrogens is 3. The van der Waals surface area contributed by atoms with Crippen molar-refractivity contribution in [2.75, 3.05) is 25.1 Å². The van der Waals surface area contributed by atoms with E-state index in [1.54, 1.807) is 16.6 Å². The first-order valence-electron chi connectivity index (χ1n) is 8.57. The van der Waals surface area contributed by atoms with Gasteiger partial charge in [-0.15, -0.1) is 0 Å². The van der Waals surface area contributed by atoms with Crippen LogP contribution in [-0.2, 0) is 4.74 Å². The highest BCUT2D eigenvalue weighted by molar-refractivity contribution is 6.00. The topological polar surface area (TPSA) is 128 Å². The van der Waals surface area contributed by atoms with Gasteiger partial charge in [-0.05, 0) is 24.3 Å². The molecule has 0 aromatic carbocycles. The molecule has 0 radical (unpaired) electrons. The van der Waals surface area contributed by atoms with Gasteiger partial charge in [-0.25, -0.2) is 4.52 Å². The van der Waals surface area contributed by atoms with Crippen LogP contribution in [0.2, 0.25) is 0 Å². The van der Waals surface area contributed by atoms with Crippen LogP contribution in [0.4, 0.5) is 5.69 Å². The van der Waals surface area contributed by atoms with Crippen LogP contribution in [0.25, 0.3) is 16.9 Å². The fourth-order valence-electron chi connectivity index (χ4n) is 2.90. The van der Waals surface area contributed by atoms with Crippen molar-refractivity contribution in [1.29, 1.82) is 10.5 Å². The average Bonchev–Trinajstić information content (AvgIpc) is 3.11. The van der Waals surface area contributed by atoms with Crippen LogP contribution in [0.3, 0.4) is 0 Å². The number of ether oxygens (including phenoxy) is 1. The van der Waals surface area contributed by atoms with Crippen molar-refractivity contribution in [3.63, 3.8) is 0 Å². The molecule has 1 aliphatic rings. The van der Waals surface area contributed by atoms with E-state index in [-0.39, 0.29) is 18.5 Å². The Kier molecular flexibility index (Phi) is 4.58. The van der Waals surface area contributed by atoms with E-state index in [1.807, 2.05) is 18.2 Å². The minimum Gasteiger partial charge on any atom is -0.377 e. The van der Waals surface area contributed by atoms with Gasteiger partial charge in [-0.2, -0.15) is 15.6 Å². The molecular weight excluding hydrogens is 358 g/mol. The lowest BCUT2D eigenvalue weighted by molar-refractivity contribution is 0.0210. The van der Waals surface area contributed by atoms with Crippen molar-refractivity contribution >= 4 is 17.1 Å². The molecule has 1 amide bonds. The standard InChI is InChI=1S/C19H15N7O2/c20-3-4-22-19(27)15-9-23-17(6-16(15)25-13-10-28-11-13)18-2-1-14-5-12(7-21)8-24-26(14)18/h1-2,5-6,8-9,13H,4,10-11H2,(H,22,27)(H,23,25). The molecule has 0 atom stereocenters. The smallest absolute Gasteiger partial charge is 0.255 e. The molecule has 4 rings (SSSR count). The Hall–Kier alpha value is -3.95. The van der Waals surface area contributed by atoms with Crippen LogP contribution in [0.5, 0.6) is 0 Å². The molecule has 0 saturated carbocycles. The average molecular weight is 373 g/mol. The van der Waals surface area contributed by atoms with Crippen LogP contribution in [0.1, 0.15) is 15.9 Å². The number of amides is 1. The second kappa shape index (κ2) is 7.35. The third kappa shape index (κ3) is 3.22. The maximum atomic E-state index is 12.4. The van der Waals surface area contributed by atoms with E-state index < -0.39 is 0 Å². The first-order chi connectivity index (χ1) is 13.7. The Morgan fingerprint density at radius 2 is 2.14 bits per heavy atom. The van der Waals surface area contributed by atoms with Gasteiger partial charge in [0.25, 0.3) is 5.91 Å². The molecular formula is C19H15N7O2. The van der Waals surface area contributed by atoms with E-state index >= 15 is 0 Å². The summed E-state index contributed by atoms with van der Waals surface area (Å²) in [5.74, 6) is -0.375. The van der Waals surface area contributed by atoms with Crippen LogP contribution >= 0.6 is 0 Å². The summed E-state index contributed by atoms with van der Waals surface area (Å²) in [6.45, 7) is 1.04. The maximum Gasteiger partial charge on any atom is 0.255 e. The molecule has 4 heterocycles.